The number of aromatic hydroxyl groups is 1. The summed E-state index contributed by atoms with van der Waals surface area (Å²) in [4.78, 5) is 0. The Labute approximate surface area is 141 Å². The van der Waals surface area contributed by atoms with E-state index in [-0.39, 0.29) is 17.3 Å². The summed E-state index contributed by atoms with van der Waals surface area (Å²) < 4.78 is 0. The van der Waals surface area contributed by atoms with Crippen LogP contribution >= 0.6 is 58.0 Å². The van der Waals surface area contributed by atoms with Crippen molar-refractivity contribution >= 4 is 63.7 Å². The van der Waals surface area contributed by atoms with Gasteiger partial charge in [-0.15, -0.1) is 0 Å². The number of halogens is 5. The number of phenols is 1. The van der Waals surface area contributed by atoms with Gasteiger partial charge in [0.05, 0.1) is 25.8 Å². The Morgan fingerprint density at radius 2 is 1.45 bits per heavy atom. The molecule has 0 fully saturated rings. The van der Waals surface area contributed by atoms with Gasteiger partial charge in [0, 0.05) is 17.1 Å². The van der Waals surface area contributed by atoms with Crippen LogP contribution in [0.4, 0.5) is 5.69 Å². The molecule has 0 atom stereocenters. The molecule has 0 heterocycles. The van der Waals surface area contributed by atoms with Crippen molar-refractivity contribution in [2.24, 2.45) is 0 Å². The number of anilines is 1. The maximum atomic E-state index is 9.86. The Kier molecular flexibility index (Phi) is 5.16. The summed E-state index contributed by atoms with van der Waals surface area (Å²) in [5, 5.41) is 14.7. The molecule has 2 nitrogen and oxygen atoms in total. The van der Waals surface area contributed by atoms with Gasteiger partial charge in [0.2, 0.25) is 0 Å². The fourth-order valence-electron chi connectivity index (χ4n) is 1.60. The zero-order chi connectivity index (χ0) is 14.9. The monoisotopic (exact) mass is 369 g/mol. The van der Waals surface area contributed by atoms with E-state index in [0.29, 0.717) is 31.3 Å². The molecule has 2 aromatic carbocycles. The average Bonchev–Trinajstić information content (AvgIpc) is 2.37. The largest absolute Gasteiger partial charge is 0.506 e. The van der Waals surface area contributed by atoms with Gasteiger partial charge in [-0.1, -0.05) is 58.0 Å². The van der Waals surface area contributed by atoms with E-state index in [2.05, 4.69) is 5.32 Å². The van der Waals surface area contributed by atoms with E-state index in [4.69, 9.17) is 58.0 Å². The van der Waals surface area contributed by atoms with Crippen molar-refractivity contribution in [1.82, 2.24) is 0 Å². The number of hydrogen-bond donors (Lipinski definition) is 2. The van der Waals surface area contributed by atoms with Crippen LogP contribution in [-0.4, -0.2) is 5.11 Å². The second-order valence-corrected chi connectivity index (χ2v) is 6.06. The Hall–Kier alpha value is -0.510. The van der Waals surface area contributed by atoms with Gasteiger partial charge in [0.25, 0.3) is 0 Å². The van der Waals surface area contributed by atoms with Gasteiger partial charge in [-0.05, 0) is 24.3 Å². The highest BCUT2D eigenvalue weighted by molar-refractivity contribution is 6.44. The average molecular weight is 371 g/mol. The second kappa shape index (κ2) is 6.50. The van der Waals surface area contributed by atoms with Crippen LogP contribution < -0.4 is 5.32 Å². The van der Waals surface area contributed by atoms with Crippen LogP contribution in [0.1, 0.15) is 5.56 Å². The van der Waals surface area contributed by atoms with Gasteiger partial charge in [0.1, 0.15) is 5.75 Å². The van der Waals surface area contributed by atoms with Crippen LogP contribution in [0.3, 0.4) is 0 Å². The van der Waals surface area contributed by atoms with Gasteiger partial charge in [-0.2, -0.15) is 0 Å². The summed E-state index contributed by atoms with van der Waals surface area (Å²) in [5.74, 6) is -0.0280. The molecule has 0 aliphatic carbocycles. The third-order valence-electron chi connectivity index (χ3n) is 2.59. The molecule has 0 bridgehead atoms. The smallest absolute Gasteiger partial charge is 0.139 e. The topological polar surface area (TPSA) is 32.3 Å². The normalized spacial score (nSPS) is 10.7. The van der Waals surface area contributed by atoms with Gasteiger partial charge in [-0.25, -0.2) is 0 Å². The highest BCUT2D eigenvalue weighted by Gasteiger charge is 2.10. The van der Waals surface area contributed by atoms with E-state index in [1.54, 1.807) is 18.2 Å². The Morgan fingerprint density at radius 1 is 0.800 bits per heavy atom. The number of hydrogen-bond acceptors (Lipinski definition) is 2. The molecule has 0 unspecified atom stereocenters. The Morgan fingerprint density at radius 3 is 2.15 bits per heavy atom. The summed E-state index contributed by atoms with van der Waals surface area (Å²) in [6.07, 6.45) is 0. The minimum absolute atomic E-state index is 0.0280. The van der Waals surface area contributed by atoms with Crippen LogP contribution in [0, 0.1) is 0 Å². The molecule has 0 radical (unpaired) electrons. The third kappa shape index (κ3) is 3.57. The molecule has 0 aromatic heterocycles. The zero-order valence-corrected chi connectivity index (χ0v) is 13.6. The van der Waals surface area contributed by atoms with Crippen LogP contribution in [0.25, 0.3) is 0 Å². The van der Waals surface area contributed by atoms with Crippen molar-refractivity contribution < 1.29 is 5.11 Å². The predicted octanol–water partition coefficient (Wildman–Crippen LogP) is 6.27. The zero-order valence-electron chi connectivity index (χ0n) is 9.85. The SMILES string of the molecule is Oc1c(Cl)cc(Cl)cc1CNc1cc(Cl)c(Cl)cc1Cl. The standard InChI is InChI=1S/C13H8Cl5NO/c14-7-1-6(13(20)11(18)2-7)5-19-12-4-9(16)8(15)3-10(12)17/h1-4,19-20H,5H2. The first-order valence-electron chi connectivity index (χ1n) is 5.44. The van der Waals surface area contributed by atoms with E-state index in [1.165, 1.54) is 6.07 Å². The lowest BCUT2D eigenvalue weighted by molar-refractivity contribution is 0.469. The number of nitrogens with one attached hydrogen (secondary N) is 1. The van der Waals surface area contributed by atoms with Crippen LogP contribution in [0.15, 0.2) is 24.3 Å². The van der Waals surface area contributed by atoms with E-state index < -0.39 is 0 Å². The molecule has 7 heteroatoms. The highest BCUT2D eigenvalue weighted by Crippen LogP contribution is 2.34. The van der Waals surface area contributed by atoms with Crippen molar-refractivity contribution in [1.29, 1.82) is 0 Å². The molecule has 0 saturated heterocycles. The molecule has 2 N–H and O–H groups in total. The van der Waals surface area contributed by atoms with Gasteiger partial charge in [0.15, 0.2) is 0 Å². The minimum Gasteiger partial charge on any atom is -0.506 e. The minimum atomic E-state index is -0.0280. The Bertz CT molecular complexity index is 660. The molecule has 0 amide bonds. The fraction of sp³-hybridized carbons (Fsp3) is 0.0769. The molecular formula is C13H8Cl5NO. The molecule has 0 spiro atoms. The second-order valence-electron chi connectivity index (χ2n) is 4.00. The lowest BCUT2D eigenvalue weighted by atomic mass is 10.2. The maximum Gasteiger partial charge on any atom is 0.139 e. The predicted molar refractivity (Wildman–Crippen MR) is 86.9 cm³/mol. The first-order valence-corrected chi connectivity index (χ1v) is 7.32. The van der Waals surface area contributed by atoms with Gasteiger partial charge >= 0.3 is 0 Å². The molecule has 20 heavy (non-hydrogen) atoms. The maximum absolute atomic E-state index is 9.86. The van der Waals surface area contributed by atoms with Crippen LogP contribution in [0.2, 0.25) is 25.1 Å². The summed E-state index contributed by atoms with van der Waals surface area (Å²) in [5.41, 5.74) is 1.14. The Balaban J connectivity index is 2.23. The van der Waals surface area contributed by atoms with Crippen LogP contribution in [-0.2, 0) is 6.54 Å². The van der Waals surface area contributed by atoms with Crippen molar-refractivity contribution in [3.63, 3.8) is 0 Å². The van der Waals surface area contributed by atoms with E-state index >= 15 is 0 Å². The lowest BCUT2D eigenvalue weighted by Gasteiger charge is -2.12. The molecule has 106 valence electrons. The van der Waals surface area contributed by atoms with Crippen LogP contribution in [0.5, 0.6) is 5.75 Å². The summed E-state index contributed by atoms with van der Waals surface area (Å²) >= 11 is 29.6. The summed E-state index contributed by atoms with van der Waals surface area (Å²) in [6.45, 7) is 0.282. The molecule has 2 aromatic rings. The van der Waals surface area contributed by atoms with Gasteiger partial charge in [-0.3, -0.25) is 0 Å². The first kappa shape index (κ1) is 15.9. The highest BCUT2D eigenvalue weighted by atomic mass is 35.5. The molecule has 0 saturated carbocycles. The van der Waals surface area contributed by atoms with Gasteiger partial charge < -0.3 is 10.4 Å². The van der Waals surface area contributed by atoms with Crippen molar-refractivity contribution in [2.45, 2.75) is 6.54 Å². The molecule has 2 rings (SSSR count). The molecule has 0 aliphatic rings. The van der Waals surface area contributed by atoms with Crippen molar-refractivity contribution in [3.05, 3.63) is 54.9 Å². The fourth-order valence-corrected chi connectivity index (χ4v) is 2.75. The molecule has 0 aliphatic heterocycles. The number of benzene rings is 2. The van der Waals surface area contributed by atoms with E-state index in [9.17, 15) is 5.11 Å². The van der Waals surface area contributed by atoms with Crippen molar-refractivity contribution in [3.8, 4) is 5.75 Å². The quantitative estimate of drug-likeness (QED) is 0.623. The lowest BCUT2D eigenvalue weighted by Crippen LogP contribution is -2.01. The van der Waals surface area contributed by atoms with E-state index in [0.717, 1.165) is 0 Å². The molecular weight excluding hydrogens is 363 g/mol. The number of rotatable bonds is 3. The number of phenolic OH excluding ortho intramolecular Hbond substituents is 1. The summed E-state index contributed by atoms with van der Waals surface area (Å²) in [6, 6.07) is 6.23. The van der Waals surface area contributed by atoms with Crippen molar-refractivity contribution in [2.75, 3.05) is 5.32 Å². The van der Waals surface area contributed by atoms with E-state index in [1.807, 2.05) is 0 Å². The summed E-state index contributed by atoms with van der Waals surface area (Å²) in [7, 11) is 0. The third-order valence-corrected chi connectivity index (χ3v) is 4.13. The first-order chi connectivity index (χ1) is 9.38.